The minimum atomic E-state index is -3.40. The molecule has 1 aliphatic heterocycles. The highest BCUT2D eigenvalue weighted by molar-refractivity contribution is 7.89. The highest BCUT2D eigenvalue weighted by Gasteiger charge is 2.33. The summed E-state index contributed by atoms with van der Waals surface area (Å²) < 4.78 is 26.8. The third-order valence-corrected chi connectivity index (χ3v) is 5.92. The van der Waals surface area contributed by atoms with Crippen LogP contribution in [0.25, 0.3) is 0 Å². The van der Waals surface area contributed by atoms with E-state index in [2.05, 4.69) is 0 Å². The Hall–Kier alpha value is -1.07. The summed E-state index contributed by atoms with van der Waals surface area (Å²) in [7, 11) is -3.40. The molecule has 0 amide bonds. The van der Waals surface area contributed by atoms with Gasteiger partial charge in [0.05, 0.1) is 4.90 Å². The Kier molecular flexibility index (Phi) is 3.38. The number of nitrogens with two attached hydrogens (primary N) is 1. The first-order valence-electron chi connectivity index (χ1n) is 6.23. The first-order chi connectivity index (χ1) is 8.35. The van der Waals surface area contributed by atoms with E-state index in [1.165, 1.54) is 0 Å². The third kappa shape index (κ3) is 2.01. The van der Waals surface area contributed by atoms with Crippen LogP contribution >= 0.6 is 0 Å². The Balaban J connectivity index is 2.51. The lowest BCUT2D eigenvalue weighted by atomic mass is 10.1. The van der Waals surface area contributed by atoms with Crippen molar-refractivity contribution < 1.29 is 8.42 Å². The van der Waals surface area contributed by atoms with E-state index in [9.17, 15) is 8.42 Å². The van der Waals surface area contributed by atoms with Crippen molar-refractivity contribution in [3.05, 3.63) is 23.3 Å². The molecule has 0 saturated carbocycles. The van der Waals surface area contributed by atoms with Crippen LogP contribution < -0.4 is 5.73 Å². The monoisotopic (exact) mass is 268 g/mol. The molecular formula is C13H20N2O2S. The molecule has 0 spiro atoms. The molecular weight excluding hydrogens is 248 g/mol. The zero-order valence-corrected chi connectivity index (χ0v) is 11.9. The molecule has 18 heavy (non-hydrogen) atoms. The van der Waals surface area contributed by atoms with E-state index in [1.54, 1.807) is 23.4 Å². The number of anilines is 1. The van der Waals surface area contributed by atoms with E-state index < -0.39 is 10.0 Å². The highest BCUT2D eigenvalue weighted by atomic mass is 32.2. The van der Waals surface area contributed by atoms with E-state index in [1.807, 2.05) is 13.8 Å². The third-order valence-electron chi connectivity index (χ3n) is 3.76. The molecule has 0 aromatic heterocycles. The topological polar surface area (TPSA) is 63.4 Å². The molecule has 4 nitrogen and oxygen atoms in total. The van der Waals surface area contributed by atoms with E-state index in [0.717, 1.165) is 18.4 Å². The summed E-state index contributed by atoms with van der Waals surface area (Å²) in [6.45, 7) is 6.22. The van der Waals surface area contributed by atoms with Gasteiger partial charge in [-0.2, -0.15) is 4.31 Å². The molecule has 0 aliphatic carbocycles. The van der Waals surface area contributed by atoms with Crippen LogP contribution in [0.1, 0.15) is 30.9 Å². The van der Waals surface area contributed by atoms with Crippen molar-refractivity contribution in [2.45, 2.75) is 44.6 Å². The Bertz CT molecular complexity index is 567. The number of benzene rings is 1. The van der Waals surface area contributed by atoms with E-state index in [4.69, 9.17) is 5.73 Å². The summed E-state index contributed by atoms with van der Waals surface area (Å²) in [4.78, 5) is 0.347. The van der Waals surface area contributed by atoms with Gasteiger partial charge < -0.3 is 5.73 Å². The summed E-state index contributed by atoms with van der Waals surface area (Å²) in [5.74, 6) is 0. The van der Waals surface area contributed by atoms with Crippen LogP contribution in [-0.4, -0.2) is 25.3 Å². The number of hydrogen-bond donors (Lipinski definition) is 1. The van der Waals surface area contributed by atoms with Crippen LogP contribution in [0.5, 0.6) is 0 Å². The lowest BCUT2D eigenvalue weighted by Crippen LogP contribution is -2.34. The van der Waals surface area contributed by atoms with Crippen molar-refractivity contribution >= 4 is 15.7 Å². The van der Waals surface area contributed by atoms with Crippen LogP contribution in [0, 0.1) is 13.8 Å². The maximum absolute atomic E-state index is 12.6. The molecule has 5 heteroatoms. The van der Waals surface area contributed by atoms with Gasteiger partial charge in [0.1, 0.15) is 0 Å². The van der Waals surface area contributed by atoms with Gasteiger partial charge in [0, 0.05) is 18.3 Å². The van der Waals surface area contributed by atoms with E-state index in [-0.39, 0.29) is 6.04 Å². The van der Waals surface area contributed by atoms with Crippen LogP contribution in [0.15, 0.2) is 17.0 Å². The molecule has 0 radical (unpaired) electrons. The molecule has 1 unspecified atom stereocenters. The summed E-state index contributed by atoms with van der Waals surface area (Å²) in [6, 6.07) is 3.52. The second-order valence-corrected chi connectivity index (χ2v) is 6.89. The fourth-order valence-corrected chi connectivity index (χ4v) is 4.45. The van der Waals surface area contributed by atoms with Crippen molar-refractivity contribution in [2.75, 3.05) is 12.3 Å². The summed E-state index contributed by atoms with van der Waals surface area (Å²) >= 11 is 0. The van der Waals surface area contributed by atoms with Gasteiger partial charge in [-0.3, -0.25) is 0 Å². The second-order valence-electron chi connectivity index (χ2n) is 5.03. The smallest absolute Gasteiger partial charge is 0.243 e. The zero-order valence-electron chi connectivity index (χ0n) is 11.1. The van der Waals surface area contributed by atoms with E-state index >= 15 is 0 Å². The quantitative estimate of drug-likeness (QED) is 0.835. The zero-order chi connectivity index (χ0) is 13.5. The molecule has 2 N–H and O–H groups in total. The SMILES string of the molecule is Cc1ccc(S(=O)(=O)N2CCCC2C)c(C)c1N. The predicted molar refractivity (Wildman–Crippen MR) is 72.9 cm³/mol. The van der Waals surface area contributed by atoms with Crippen LogP contribution in [0.4, 0.5) is 5.69 Å². The average molecular weight is 268 g/mol. The maximum atomic E-state index is 12.6. The largest absolute Gasteiger partial charge is 0.398 e. The molecule has 1 atom stereocenters. The Labute approximate surface area is 109 Å². The van der Waals surface area contributed by atoms with Gasteiger partial charge >= 0.3 is 0 Å². The Morgan fingerprint density at radius 2 is 2.00 bits per heavy atom. The highest BCUT2D eigenvalue weighted by Crippen LogP contribution is 2.30. The van der Waals surface area contributed by atoms with Gasteiger partial charge in [0.25, 0.3) is 0 Å². The van der Waals surface area contributed by atoms with E-state index in [0.29, 0.717) is 22.7 Å². The predicted octanol–water partition coefficient (Wildman–Crippen LogP) is 2.06. The molecule has 1 saturated heterocycles. The molecule has 1 aromatic rings. The molecule has 100 valence electrons. The molecule has 0 bridgehead atoms. The van der Waals surface area contributed by atoms with Crippen LogP contribution in [-0.2, 0) is 10.0 Å². The minimum absolute atomic E-state index is 0.0805. The number of hydrogen-bond acceptors (Lipinski definition) is 3. The first-order valence-corrected chi connectivity index (χ1v) is 7.67. The van der Waals surface area contributed by atoms with Gasteiger partial charge in [0.15, 0.2) is 0 Å². The lowest BCUT2D eigenvalue weighted by Gasteiger charge is -2.22. The number of nitrogens with zero attached hydrogens (tertiary/aromatic N) is 1. The number of aryl methyl sites for hydroxylation is 1. The molecule has 1 aliphatic rings. The van der Waals surface area contributed by atoms with Crippen LogP contribution in [0.3, 0.4) is 0 Å². The maximum Gasteiger partial charge on any atom is 0.243 e. The Morgan fingerprint density at radius 3 is 2.56 bits per heavy atom. The van der Waals surface area contributed by atoms with Crippen molar-refractivity contribution in [3.8, 4) is 0 Å². The molecule has 1 heterocycles. The summed E-state index contributed by atoms with van der Waals surface area (Å²) in [5, 5.41) is 0. The van der Waals surface area contributed by atoms with Gasteiger partial charge in [0.2, 0.25) is 10.0 Å². The summed E-state index contributed by atoms with van der Waals surface area (Å²) in [6.07, 6.45) is 1.86. The molecule has 2 rings (SSSR count). The average Bonchev–Trinajstić information content (AvgIpc) is 2.73. The van der Waals surface area contributed by atoms with Crippen molar-refractivity contribution in [2.24, 2.45) is 0 Å². The van der Waals surface area contributed by atoms with Crippen molar-refractivity contribution in [1.29, 1.82) is 0 Å². The fourth-order valence-electron chi connectivity index (χ4n) is 2.51. The first kappa shape index (κ1) is 13.4. The van der Waals surface area contributed by atoms with Gasteiger partial charge in [-0.25, -0.2) is 8.42 Å². The molecule has 1 fully saturated rings. The Morgan fingerprint density at radius 1 is 1.33 bits per heavy atom. The second kappa shape index (κ2) is 4.55. The minimum Gasteiger partial charge on any atom is -0.398 e. The normalized spacial score (nSPS) is 21.4. The summed E-state index contributed by atoms with van der Waals surface area (Å²) in [5.41, 5.74) is 8.08. The number of nitrogen functional groups attached to an aromatic ring is 1. The van der Waals surface area contributed by atoms with Gasteiger partial charge in [-0.15, -0.1) is 0 Å². The lowest BCUT2D eigenvalue weighted by molar-refractivity contribution is 0.408. The number of rotatable bonds is 2. The fraction of sp³-hybridized carbons (Fsp3) is 0.538. The molecule has 1 aromatic carbocycles. The van der Waals surface area contributed by atoms with Crippen molar-refractivity contribution in [3.63, 3.8) is 0 Å². The standard InChI is InChI=1S/C13H20N2O2S/c1-9-6-7-12(11(3)13(9)14)18(16,17)15-8-4-5-10(15)2/h6-7,10H,4-5,8,14H2,1-3H3. The van der Waals surface area contributed by atoms with Gasteiger partial charge in [-0.05, 0) is 50.8 Å². The van der Waals surface area contributed by atoms with Crippen molar-refractivity contribution in [1.82, 2.24) is 4.31 Å². The van der Waals surface area contributed by atoms with Crippen LogP contribution in [0.2, 0.25) is 0 Å². The van der Waals surface area contributed by atoms with Gasteiger partial charge in [-0.1, -0.05) is 6.07 Å². The number of sulfonamides is 1.